The Morgan fingerprint density at radius 2 is 1.53 bits per heavy atom. The number of likely N-dealkylation sites (tertiary alicyclic amines) is 1. The first-order valence-electron chi connectivity index (χ1n) is 20.8. The number of ether oxygens (including phenoxy) is 3. The van der Waals surface area contributed by atoms with Crippen LogP contribution in [0.1, 0.15) is 106 Å². The summed E-state index contributed by atoms with van der Waals surface area (Å²) in [6, 6.07) is 0. The van der Waals surface area contributed by atoms with Crippen molar-refractivity contribution in [2.75, 3.05) is 45.8 Å². The van der Waals surface area contributed by atoms with E-state index in [0.29, 0.717) is 17.8 Å². The first-order chi connectivity index (χ1) is 24.8. The normalized spacial score (nSPS) is 46.6. The van der Waals surface area contributed by atoms with Crippen LogP contribution in [0.5, 0.6) is 0 Å². The van der Waals surface area contributed by atoms with Gasteiger partial charge in [0.2, 0.25) is 0 Å². The molecule has 1 N–H and O–H groups in total. The van der Waals surface area contributed by atoms with Crippen LogP contribution in [0.3, 0.4) is 0 Å². The minimum atomic E-state index is -4.25. The molecule has 5 saturated carbocycles. The molecule has 0 radical (unpaired) electrons. The van der Waals surface area contributed by atoms with Crippen LogP contribution in [0.2, 0.25) is 0 Å². The van der Waals surface area contributed by atoms with Gasteiger partial charge in [-0.15, -0.1) is 0 Å². The van der Waals surface area contributed by atoms with Crippen molar-refractivity contribution in [2.24, 2.45) is 56.7 Å². The summed E-state index contributed by atoms with van der Waals surface area (Å²) in [5.41, 5.74) is -0.333. The lowest BCUT2D eigenvalue weighted by Gasteiger charge is -2.63. The second kappa shape index (κ2) is 12.6. The topological polar surface area (TPSA) is 91.8 Å². The molecule has 0 aromatic carbocycles. The maximum atomic E-state index is 13.4. The second-order valence-corrected chi connectivity index (χ2v) is 20.2. The molecule has 3 aliphatic heterocycles. The fourth-order valence-corrected chi connectivity index (χ4v) is 14.6. The number of nitrogens with zero attached hydrogens (tertiary/aromatic N) is 3. The smallest absolute Gasteiger partial charge is 0.410 e. The quantitative estimate of drug-likeness (QED) is 0.314. The molecule has 0 aromatic heterocycles. The van der Waals surface area contributed by atoms with Gasteiger partial charge in [0.05, 0.1) is 24.9 Å². The summed E-state index contributed by atoms with van der Waals surface area (Å²) in [5.74, 6) is 1.40. The lowest BCUT2D eigenvalue weighted by molar-refractivity contribution is -0.186. The maximum Gasteiger partial charge on any atom is 0.410 e. The zero-order valence-electron chi connectivity index (χ0n) is 33.1. The maximum absolute atomic E-state index is 13.4. The highest BCUT2D eigenvalue weighted by Crippen LogP contribution is 2.89. The number of carbonyl (C=O) groups is 2. The summed E-state index contributed by atoms with van der Waals surface area (Å²) < 4.78 is 58.2. The van der Waals surface area contributed by atoms with Gasteiger partial charge in [0.1, 0.15) is 12.2 Å². The van der Waals surface area contributed by atoms with Crippen molar-refractivity contribution < 1.29 is 42.1 Å². The van der Waals surface area contributed by atoms with Crippen molar-refractivity contribution in [1.29, 1.82) is 0 Å². The molecule has 0 aromatic rings. The Bertz CT molecular complexity index is 1450. The molecule has 53 heavy (non-hydrogen) atoms. The molecule has 9 nitrogen and oxygen atoms in total. The number of halogens is 3. The average Bonchev–Trinajstić information content (AvgIpc) is 3.68. The van der Waals surface area contributed by atoms with Gasteiger partial charge < -0.3 is 29.1 Å². The van der Waals surface area contributed by atoms with Crippen LogP contribution < -0.4 is 0 Å². The van der Waals surface area contributed by atoms with E-state index in [1.54, 1.807) is 9.80 Å². The molecule has 12 heteroatoms. The van der Waals surface area contributed by atoms with Crippen LogP contribution in [0.4, 0.5) is 22.8 Å². The van der Waals surface area contributed by atoms with Crippen LogP contribution in [0, 0.1) is 56.7 Å². The van der Waals surface area contributed by atoms with Crippen molar-refractivity contribution in [2.45, 2.75) is 143 Å². The highest BCUT2D eigenvalue weighted by Gasteiger charge is 2.85. The van der Waals surface area contributed by atoms with Gasteiger partial charge in [-0.2, -0.15) is 13.2 Å². The minimum Gasteiger partial charge on any atom is -0.446 e. The van der Waals surface area contributed by atoms with Crippen LogP contribution in [0.25, 0.3) is 0 Å². The summed E-state index contributed by atoms with van der Waals surface area (Å²) in [6.45, 7) is 17.3. The van der Waals surface area contributed by atoms with Crippen molar-refractivity contribution in [1.82, 2.24) is 14.7 Å². The number of piperazine rings is 1. The lowest BCUT2D eigenvalue weighted by Crippen LogP contribution is -2.60. The van der Waals surface area contributed by atoms with E-state index in [-0.39, 0.29) is 95.6 Å². The van der Waals surface area contributed by atoms with E-state index in [0.717, 1.165) is 70.9 Å². The Morgan fingerprint density at radius 3 is 2.15 bits per heavy atom. The van der Waals surface area contributed by atoms with E-state index in [1.807, 2.05) is 0 Å². The van der Waals surface area contributed by atoms with Crippen LogP contribution in [-0.4, -0.2) is 115 Å². The molecule has 2 spiro atoms. The summed E-state index contributed by atoms with van der Waals surface area (Å²) in [5, 5.41) is 12.7. The standard InChI is InChI=1S/C41H64F3N3O6/c1-24(2)31(53-35(50)46-15-8-16-46)26-21-25(3)30-32(51-26)33(48)38(7)28-10-9-27-36(4,5)29(11-12-39(27)22-40(28,39)14-13-37(30,38)6)52-34(49)47-19-17-45(18-20-47)23-41(42,43)44/h24-33,48H,8-23H2,1-7H3/t25-,26?,27+,28?,29+,30+,31-,32?,33+,37-,38-,39?,40+/m1/s1. The average molecular weight is 752 g/mol. The molecule has 8 rings (SSSR count). The number of hydrogen-bond acceptors (Lipinski definition) is 7. The SMILES string of the molecule is CC(C)[C@@H](OC(=O)N1CCC1)C1C[C@@H](C)[C@H]2C(O1)[C@H](O)[C@@]1(C)C3CC[C@H]4C(C)(C)[C@@H](OC(=O)N5CCN(CC(F)(F)F)CC5)CCC45C[C@@]35CC[C@]21C. The number of fused-ring (bicyclic) bond motifs is 4. The van der Waals surface area contributed by atoms with Gasteiger partial charge in [0.25, 0.3) is 0 Å². The predicted molar refractivity (Wildman–Crippen MR) is 192 cm³/mol. The molecular weight excluding hydrogens is 687 g/mol. The number of hydrogen-bond donors (Lipinski definition) is 1. The third-order valence-electron chi connectivity index (χ3n) is 17.4. The third kappa shape index (κ3) is 5.53. The summed E-state index contributed by atoms with van der Waals surface area (Å²) in [7, 11) is 0. The highest BCUT2D eigenvalue weighted by atomic mass is 19.4. The number of amides is 2. The number of alkyl halides is 3. The molecule has 13 atom stereocenters. The summed E-state index contributed by atoms with van der Waals surface area (Å²) >= 11 is 0. The van der Waals surface area contributed by atoms with Crippen molar-refractivity contribution >= 4 is 12.2 Å². The fraction of sp³-hybridized carbons (Fsp3) is 0.951. The number of carbonyl (C=O) groups excluding carboxylic acids is 2. The molecule has 8 fully saturated rings. The van der Waals surface area contributed by atoms with Crippen molar-refractivity contribution in [3.63, 3.8) is 0 Å². The Labute approximate surface area is 314 Å². The Kier molecular flexibility index (Phi) is 9.06. The zero-order valence-corrected chi connectivity index (χ0v) is 33.1. The fourth-order valence-electron chi connectivity index (χ4n) is 14.6. The Hall–Kier alpha value is -1.79. The van der Waals surface area contributed by atoms with Gasteiger partial charge in [0, 0.05) is 50.1 Å². The second-order valence-electron chi connectivity index (χ2n) is 20.2. The number of aliphatic hydroxyl groups is 1. The van der Waals surface area contributed by atoms with Gasteiger partial charge >= 0.3 is 18.4 Å². The molecule has 5 aliphatic carbocycles. The Balaban J connectivity index is 0.972. The molecule has 3 saturated heterocycles. The van der Waals surface area contributed by atoms with Gasteiger partial charge in [0.15, 0.2) is 0 Å². The molecular formula is C41H64F3N3O6. The van der Waals surface area contributed by atoms with Crippen molar-refractivity contribution in [3.05, 3.63) is 0 Å². The first-order valence-corrected chi connectivity index (χ1v) is 20.8. The molecule has 2 amide bonds. The summed E-state index contributed by atoms with van der Waals surface area (Å²) in [6.07, 6.45) is 2.38. The first kappa shape index (κ1) is 38.1. The van der Waals surface area contributed by atoms with E-state index in [1.165, 1.54) is 4.90 Å². The molecule has 3 heterocycles. The molecule has 300 valence electrons. The molecule has 0 bridgehead atoms. The van der Waals surface area contributed by atoms with E-state index in [9.17, 15) is 27.9 Å². The zero-order chi connectivity index (χ0) is 38.1. The molecule has 4 unspecified atom stereocenters. The van der Waals surface area contributed by atoms with Crippen LogP contribution >= 0.6 is 0 Å². The predicted octanol–water partition coefficient (Wildman–Crippen LogP) is 7.35. The van der Waals surface area contributed by atoms with E-state index in [2.05, 4.69) is 48.5 Å². The van der Waals surface area contributed by atoms with Gasteiger partial charge in [-0.05, 0) is 104 Å². The van der Waals surface area contributed by atoms with E-state index < -0.39 is 24.9 Å². The molecule has 8 aliphatic rings. The number of aliphatic hydroxyl groups excluding tert-OH is 1. The van der Waals surface area contributed by atoms with Crippen molar-refractivity contribution in [3.8, 4) is 0 Å². The number of rotatable bonds is 5. The van der Waals surface area contributed by atoms with Gasteiger partial charge in [-0.25, -0.2) is 9.59 Å². The monoisotopic (exact) mass is 751 g/mol. The highest BCUT2D eigenvalue weighted by molar-refractivity contribution is 5.69. The van der Waals surface area contributed by atoms with Crippen LogP contribution in [0.15, 0.2) is 0 Å². The Morgan fingerprint density at radius 1 is 0.887 bits per heavy atom. The van der Waals surface area contributed by atoms with E-state index >= 15 is 0 Å². The van der Waals surface area contributed by atoms with E-state index in [4.69, 9.17) is 14.2 Å². The summed E-state index contributed by atoms with van der Waals surface area (Å²) in [4.78, 5) is 31.1. The van der Waals surface area contributed by atoms with Gasteiger partial charge in [-0.3, -0.25) is 4.90 Å². The third-order valence-corrected chi connectivity index (χ3v) is 17.4. The lowest BCUT2D eigenvalue weighted by atomic mass is 9.41. The minimum absolute atomic E-state index is 0.0813. The van der Waals surface area contributed by atoms with Crippen LogP contribution in [-0.2, 0) is 14.2 Å². The van der Waals surface area contributed by atoms with Gasteiger partial charge in [-0.1, -0.05) is 48.5 Å². The largest absolute Gasteiger partial charge is 0.446 e.